The number of rotatable bonds is 4. The summed E-state index contributed by atoms with van der Waals surface area (Å²) in [7, 11) is 0. The highest BCUT2D eigenvalue weighted by atomic mass is 15.1. The van der Waals surface area contributed by atoms with Crippen LogP contribution in [0.2, 0.25) is 0 Å². The van der Waals surface area contributed by atoms with Crippen LogP contribution in [0.3, 0.4) is 0 Å². The molecule has 0 amide bonds. The average molecular weight is 684 g/mol. The summed E-state index contributed by atoms with van der Waals surface area (Å²) >= 11 is 0. The van der Waals surface area contributed by atoms with Crippen LogP contribution in [-0.4, -0.2) is 0 Å². The lowest BCUT2D eigenvalue weighted by Crippen LogP contribution is -2.24. The first-order chi connectivity index (χ1) is 25.7. The van der Waals surface area contributed by atoms with Crippen molar-refractivity contribution in [2.75, 3.05) is 4.90 Å². The van der Waals surface area contributed by atoms with E-state index in [1.54, 1.807) is 0 Å². The lowest BCUT2D eigenvalue weighted by atomic mass is 9.73. The Hall–Kier alpha value is -5.66. The Labute approximate surface area is 314 Å². The molecule has 10 rings (SSSR count). The Morgan fingerprint density at radius 2 is 1.02 bits per heavy atom. The van der Waals surface area contributed by atoms with Gasteiger partial charge in [0.25, 0.3) is 0 Å². The van der Waals surface area contributed by atoms with Crippen molar-refractivity contribution in [3.8, 4) is 33.4 Å². The standard InChI is InChI=1S/C52H45N/c1-50(2,3)35-25-27-36(28-26-35)53(48-24-13-9-18-41(48)43-20-14-19-42-39-17-7-11-22-45(39)51(4,5)49(42)43)37-29-30-40-38-16-8-12-23-46(38)52(47(40)33-37)32-31-34-15-6-10-21-44(34)52/h6-30,33H,31-32H2,1-5H3. The first kappa shape index (κ1) is 32.0. The molecule has 7 aromatic rings. The van der Waals surface area contributed by atoms with Crippen molar-refractivity contribution in [3.05, 3.63) is 197 Å². The Bertz CT molecular complexity index is 2580. The highest BCUT2D eigenvalue weighted by Gasteiger charge is 2.48. The van der Waals surface area contributed by atoms with Gasteiger partial charge in [0.05, 0.1) is 5.69 Å². The highest BCUT2D eigenvalue weighted by Crippen LogP contribution is 2.60. The Balaban J connectivity index is 1.21. The maximum Gasteiger partial charge on any atom is 0.0540 e. The zero-order chi connectivity index (χ0) is 36.1. The molecule has 0 saturated carbocycles. The third kappa shape index (κ3) is 4.56. The molecule has 258 valence electrons. The number of aryl methyl sites for hydroxylation is 1. The van der Waals surface area contributed by atoms with Crippen molar-refractivity contribution in [1.82, 2.24) is 0 Å². The third-order valence-electron chi connectivity index (χ3n) is 12.7. The van der Waals surface area contributed by atoms with Crippen molar-refractivity contribution in [2.24, 2.45) is 0 Å². The van der Waals surface area contributed by atoms with Gasteiger partial charge in [0.2, 0.25) is 0 Å². The summed E-state index contributed by atoms with van der Waals surface area (Å²) in [5.74, 6) is 0. The van der Waals surface area contributed by atoms with E-state index in [1.807, 2.05) is 0 Å². The molecule has 0 heterocycles. The summed E-state index contributed by atoms with van der Waals surface area (Å²) in [6.07, 6.45) is 2.18. The molecule has 0 saturated heterocycles. The first-order valence-corrected chi connectivity index (χ1v) is 19.2. The van der Waals surface area contributed by atoms with E-state index in [9.17, 15) is 0 Å². The van der Waals surface area contributed by atoms with E-state index in [0.717, 1.165) is 18.5 Å². The van der Waals surface area contributed by atoms with Crippen molar-refractivity contribution in [1.29, 1.82) is 0 Å². The van der Waals surface area contributed by atoms with E-state index in [0.29, 0.717) is 0 Å². The molecule has 1 atom stereocenters. The molecule has 0 N–H and O–H groups in total. The summed E-state index contributed by atoms with van der Waals surface area (Å²) in [6, 6.07) is 59.8. The lowest BCUT2D eigenvalue weighted by Gasteiger charge is -2.33. The van der Waals surface area contributed by atoms with Crippen molar-refractivity contribution in [3.63, 3.8) is 0 Å². The molecule has 0 fully saturated rings. The van der Waals surface area contributed by atoms with Crippen LogP contribution in [0.15, 0.2) is 158 Å². The minimum Gasteiger partial charge on any atom is -0.310 e. The average Bonchev–Trinajstić information content (AvgIpc) is 3.79. The van der Waals surface area contributed by atoms with Gasteiger partial charge < -0.3 is 4.90 Å². The third-order valence-corrected chi connectivity index (χ3v) is 12.7. The van der Waals surface area contributed by atoms with Gasteiger partial charge in [0.1, 0.15) is 0 Å². The fraction of sp³-hybridized carbons (Fsp3) is 0.192. The Morgan fingerprint density at radius 3 is 1.75 bits per heavy atom. The number of hydrogen-bond acceptors (Lipinski definition) is 1. The van der Waals surface area contributed by atoms with Crippen LogP contribution in [0.1, 0.15) is 80.0 Å². The molecule has 1 heteroatoms. The molecule has 0 bridgehead atoms. The van der Waals surface area contributed by atoms with Gasteiger partial charge in [-0.3, -0.25) is 0 Å². The van der Waals surface area contributed by atoms with Crippen molar-refractivity contribution >= 4 is 17.1 Å². The van der Waals surface area contributed by atoms with Gasteiger partial charge in [0.15, 0.2) is 0 Å². The topological polar surface area (TPSA) is 3.24 Å². The van der Waals surface area contributed by atoms with Gasteiger partial charge in [-0.2, -0.15) is 0 Å². The van der Waals surface area contributed by atoms with E-state index in [2.05, 4.69) is 197 Å². The maximum atomic E-state index is 2.53. The molecule has 0 aliphatic heterocycles. The minimum atomic E-state index is -0.157. The van der Waals surface area contributed by atoms with E-state index < -0.39 is 0 Å². The number of hydrogen-bond donors (Lipinski definition) is 0. The van der Waals surface area contributed by atoms with Gasteiger partial charge in [-0.25, -0.2) is 0 Å². The number of nitrogens with zero attached hydrogens (tertiary/aromatic N) is 1. The Morgan fingerprint density at radius 1 is 0.472 bits per heavy atom. The number of fused-ring (bicyclic) bond motifs is 10. The van der Waals surface area contributed by atoms with Gasteiger partial charge >= 0.3 is 0 Å². The first-order valence-electron chi connectivity index (χ1n) is 19.2. The molecule has 53 heavy (non-hydrogen) atoms. The zero-order valence-corrected chi connectivity index (χ0v) is 31.4. The second-order valence-corrected chi connectivity index (χ2v) is 16.9. The monoisotopic (exact) mass is 683 g/mol. The smallest absolute Gasteiger partial charge is 0.0540 e. The van der Waals surface area contributed by atoms with Crippen LogP contribution in [0.5, 0.6) is 0 Å². The molecule has 1 unspecified atom stereocenters. The fourth-order valence-corrected chi connectivity index (χ4v) is 10.2. The largest absolute Gasteiger partial charge is 0.310 e. The van der Waals surface area contributed by atoms with Crippen LogP contribution in [0.25, 0.3) is 33.4 Å². The van der Waals surface area contributed by atoms with Crippen molar-refractivity contribution < 1.29 is 0 Å². The minimum absolute atomic E-state index is 0.0635. The quantitative estimate of drug-likeness (QED) is 0.178. The maximum absolute atomic E-state index is 2.53. The molecule has 3 aliphatic carbocycles. The predicted octanol–water partition coefficient (Wildman–Crippen LogP) is 13.7. The summed E-state index contributed by atoms with van der Waals surface area (Å²) in [5, 5.41) is 0. The van der Waals surface area contributed by atoms with E-state index in [1.165, 1.54) is 83.7 Å². The van der Waals surface area contributed by atoms with Gasteiger partial charge in [-0.15, -0.1) is 0 Å². The van der Waals surface area contributed by atoms with Crippen molar-refractivity contribution in [2.45, 2.75) is 63.7 Å². The Kier molecular flexibility index (Phi) is 6.90. The predicted molar refractivity (Wildman–Crippen MR) is 223 cm³/mol. The summed E-state index contributed by atoms with van der Waals surface area (Å²) < 4.78 is 0. The fourth-order valence-electron chi connectivity index (χ4n) is 10.2. The van der Waals surface area contributed by atoms with Crippen LogP contribution < -0.4 is 4.90 Å². The second kappa shape index (κ2) is 11.4. The normalized spacial score (nSPS) is 17.2. The molecule has 0 aromatic heterocycles. The van der Waals surface area contributed by atoms with Crippen LogP contribution >= 0.6 is 0 Å². The van der Waals surface area contributed by atoms with Gasteiger partial charge in [0, 0.05) is 27.8 Å². The van der Waals surface area contributed by atoms with E-state index >= 15 is 0 Å². The SMILES string of the molecule is CC(C)(C)c1ccc(N(c2ccc3c(c2)C2(CCc4ccccc42)c2ccccc2-3)c2ccccc2-c2cccc3c2C(C)(C)c2ccccc2-3)cc1. The molecule has 1 spiro atoms. The summed E-state index contributed by atoms with van der Waals surface area (Å²) in [4.78, 5) is 2.52. The molecule has 1 nitrogen and oxygen atoms in total. The number of anilines is 3. The van der Waals surface area contributed by atoms with Gasteiger partial charge in [-0.05, 0) is 115 Å². The van der Waals surface area contributed by atoms with Crippen LogP contribution in [0, 0.1) is 0 Å². The molecule has 7 aromatic carbocycles. The van der Waals surface area contributed by atoms with E-state index in [4.69, 9.17) is 0 Å². The molecule has 0 radical (unpaired) electrons. The van der Waals surface area contributed by atoms with E-state index in [-0.39, 0.29) is 16.2 Å². The molecule has 3 aliphatic rings. The second-order valence-electron chi connectivity index (χ2n) is 16.9. The lowest BCUT2D eigenvalue weighted by molar-refractivity contribution is 0.590. The molecular weight excluding hydrogens is 639 g/mol. The zero-order valence-electron chi connectivity index (χ0n) is 31.4. The summed E-state index contributed by atoms with van der Waals surface area (Å²) in [5.41, 5.74) is 21.2. The highest BCUT2D eigenvalue weighted by molar-refractivity contribution is 5.95. The van der Waals surface area contributed by atoms with Crippen LogP contribution in [-0.2, 0) is 22.7 Å². The molecular formula is C52H45N. The van der Waals surface area contributed by atoms with Gasteiger partial charge in [-0.1, -0.05) is 162 Å². The number of para-hydroxylation sites is 1. The summed E-state index contributed by atoms with van der Waals surface area (Å²) in [6.45, 7) is 11.7. The number of benzene rings is 7. The van der Waals surface area contributed by atoms with Crippen LogP contribution in [0.4, 0.5) is 17.1 Å².